The van der Waals surface area contributed by atoms with Crippen LogP contribution in [-0.4, -0.2) is 16.6 Å². The molecule has 0 bridgehead atoms. The van der Waals surface area contributed by atoms with Crippen LogP contribution in [0.1, 0.15) is 41.6 Å². The molecule has 0 saturated carbocycles. The van der Waals surface area contributed by atoms with Crippen molar-refractivity contribution < 1.29 is 13.9 Å². The van der Waals surface area contributed by atoms with Crippen LogP contribution < -0.4 is 0 Å². The van der Waals surface area contributed by atoms with Crippen LogP contribution in [0.15, 0.2) is 101 Å². The first-order valence-electron chi connectivity index (χ1n) is 11.0. The monoisotopic (exact) mass is 429 g/mol. The molecule has 0 aliphatic heterocycles. The molecule has 164 valence electrons. The van der Waals surface area contributed by atoms with E-state index in [1.807, 2.05) is 84.9 Å². The van der Waals surface area contributed by atoms with Gasteiger partial charge in [0.25, 0.3) is 0 Å². The smallest absolute Gasteiger partial charge is 0.173 e. The fourth-order valence-electron chi connectivity index (χ4n) is 4.09. The molecule has 1 heterocycles. The van der Waals surface area contributed by atoms with Crippen molar-refractivity contribution in [3.05, 3.63) is 131 Å². The lowest BCUT2D eigenvalue weighted by molar-refractivity contribution is 0.0952. The SMILES string of the molecule is CCCN(Cc1ccc(C(O)(c2ccccc2)c2ccccc2)o1)Cc1ccccc1F. The largest absolute Gasteiger partial charge is 0.461 e. The van der Waals surface area contributed by atoms with E-state index in [-0.39, 0.29) is 5.82 Å². The van der Waals surface area contributed by atoms with Crippen molar-refractivity contribution >= 4 is 0 Å². The zero-order valence-corrected chi connectivity index (χ0v) is 18.2. The zero-order valence-electron chi connectivity index (χ0n) is 18.2. The average Bonchev–Trinajstić information content (AvgIpc) is 3.30. The van der Waals surface area contributed by atoms with Crippen molar-refractivity contribution in [1.29, 1.82) is 0 Å². The summed E-state index contributed by atoms with van der Waals surface area (Å²) in [5.74, 6) is 0.999. The summed E-state index contributed by atoms with van der Waals surface area (Å²) in [6.45, 7) is 3.94. The highest BCUT2D eigenvalue weighted by Crippen LogP contribution is 2.37. The zero-order chi connectivity index (χ0) is 22.4. The summed E-state index contributed by atoms with van der Waals surface area (Å²) in [5, 5.41) is 11.9. The number of halogens is 1. The van der Waals surface area contributed by atoms with Crippen LogP contribution in [0, 0.1) is 5.82 Å². The molecule has 0 saturated heterocycles. The second-order valence-corrected chi connectivity index (χ2v) is 8.01. The first kappa shape index (κ1) is 22.0. The molecule has 1 aromatic heterocycles. The van der Waals surface area contributed by atoms with Crippen LogP contribution in [0.4, 0.5) is 4.39 Å². The molecule has 32 heavy (non-hydrogen) atoms. The van der Waals surface area contributed by atoms with E-state index in [0.29, 0.717) is 24.4 Å². The van der Waals surface area contributed by atoms with E-state index in [1.165, 1.54) is 6.07 Å². The van der Waals surface area contributed by atoms with E-state index in [0.717, 1.165) is 29.9 Å². The molecular weight excluding hydrogens is 401 g/mol. The Hall–Kier alpha value is -3.21. The van der Waals surface area contributed by atoms with Gasteiger partial charge in [0.2, 0.25) is 0 Å². The molecule has 0 fully saturated rings. The van der Waals surface area contributed by atoms with Crippen LogP contribution >= 0.6 is 0 Å². The molecule has 0 atom stereocenters. The predicted molar refractivity (Wildman–Crippen MR) is 124 cm³/mol. The Labute approximate surface area is 188 Å². The molecule has 0 aliphatic carbocycles. The fourth-order valence-corrected chi connectivity index (χ4v) is 4.09. The Morgan fingerprint density at radius 3 is 1.97 bits per heavy atom. The molecule has 0 aliphatic rings. The number of hydrogen-bond acceptors (Lipinski definition) is 3. The van der Waals surface area contributed by atoms with Crippen LogP contribution in [0.2, 0.25) is 0 Å². The molecule has 4 heteroatoms. The lowest BCUT2D eigenvalue weighted by Gasteiger charge is -2.27. The summed E-state index contributed by atoms with van der Waals surface area (Å²) in [6, 6.07) is 29.7. The first-order valence-corrected chi connectivity index (χ1v) is 11.0. The quantitative estimate of drug-likeness (QED) is 0.348. The van der Waals surface area contributed by atoms with Crippen LogP contribution in [-0.2, 0) is 18.7 Å². The highest BCUT2D eigenvalue weighted by atomic mass is 19.1. The van der Waals surface area contributed by atoms with Gasteiger partial charge in [0.15, 0.2) is 5.60 Å². The van der Waals surface area contributed by atoms with Crippen molar-refractivity contribution in [2.24, 2.45) is 0 Å². The van der Waals surface area contributed by atoms with E-state index in [2.05, 4.69) is 11.8 Å². The molecule has 0 spiro atoms. The number of rotatable bonds is 9. The van der Waals surface area contributed by atoms with Crippen LogP contribution in [0.3, 0.4) is 0 Å². The second-order valence-electron chi connectivity index (χ2n) is 8.01. The molecule has 3 nitrogen and oxygen atoms in total. The van der Waals surface area contributed by atoms with Gasteiger partial charge in [-0.05, 0) is 42.3 Å². The Bertz CT molecular complexity index is 1080. The Balaban J connectivity index is 1.63. The molecule has 0 amide bonds. The minimum absolute atomic E-state index is 0.198. The number of furan rings is 1. The Morgan fingerprint density at radius 1 is 0.781 bits per heavy atom. The Morgan fingerprint density at radius 2 is 1.38 bits per heavy atom. The van der Waals surface area contributed by atoms with Gasteiger partial charge in [0, 0.05) is 12.1 Å². The summed E-state index contributed by atoms with van der Waals surface area (Å²) in [6.07, 6.45) is 0.944. The van der Waals surface area contributed by atoms with Gasteiger partial charge in [-0.25, -0.2) is 4.39 Å². The van der Waals surface area contributed by atoms with Crippen molar-refractivity contribution in [2.75, 3.05) is 6.54 Å². The maximum atomic E-state index is 14.2. The van der Waals surface area contributed by atoms with Gasteiger partial charge in [-0.1, -0.05) is 85.8 Å². The maximum absolute atomic E-state index is 14.2. The number of hydrogen-bond donors (Lipinski definition) is 1. The third-order valence-electron chi connectivity index (χ3n) is 5.67. The van der Waals surface area contributed by atoms with Gasteiger partial charge in [-0.15, -0.1) is 0 Å². The first-order chi connectivity index (χ1) is 15.6. The van der Waals surface area contributed by atoms with Gasteiger partial charge >= 0.3 is 0 Å². The summed E-state index contributed by atoms with van der Waals surface area (Å²) in [7, 11) is 0. The van der Waals surface area contributed by atoms with Gasteiger partial charge in [-0.2, -0.15) is 0 Å². The van der Waals surface area contributed by atoms with Crippen molar-refractivity contribution in [1.82, 2.24) is 4.90 Å². The minimum atomic E-state index is -1.40. The van der Waals surface area contributed by atoms with Crippen LogP contribution in [0.25, 0.3) is 0 Å². The van der Waals surface area contributed by atoms with E-state index in [4.69, 9.17) is 4.42 Å². The van der Waals surface area contributed by atoms with Crippen LogP contribution in [0.5, 0.6) is 0 Å². The van der Waals surface area contributed by atoms with Gasteiger partial charge in [0.1, 0.15) is 17.3 Å². The van der Waals surface area contributed by atoms with E-state index in [1.54, 1.807) is 6.07 Å². The van der Waals surface area contributed by atoms with Gasteiger partial charge < -0.3 is 9.52 Å². The normalized spacial score (nSPS) is 11.8. The topological polar surface area (TPSA) is 36.6 Å². The molecule has 1 N–H and O–H groups in total. The van der Waals surface area contributed by atoms with Crippen molar-refractivity contribution in [3.63, 3.8) is 0 Å². The van der Waals surface area contributed by atoms with E-state index < -0.39 is 5.60 Å². The van der Waals surface area contributed by atoms with E-state index >= 15 is 0 Å². The maximum Gasteiger partial charge on any atom is 0.173 e. The summed E-state index contributed by atoms with van der Waals surface area (Å²) >= 11 is 0. The highest BCUT2D eigenvalue weighted by molar-refractivity contribution is 5.43. The average molecular weight is 430 g/mol. The van der Waals surface area contributed by atoms with E-state index in [9.17, 15) is 9.50 Å². The summed E-state index contributed by atoms with van der Waals surface area (Å²) in [5.41, 5.74) is 0.743. The molecule has 3 aromatic carbocycles. The highest BCUT2D eigenvalue weighted by Gasteiger charge is 2.37. The summed E-state index contributed by atoms with van der Waals surface area (Å²) in [4.78, 5) is 2.16. The number of aliphatic hydroxyl groups is 1. The molecular formula is C28H28FNO2. The lowest BCUT2D eigenvalue weighted by Crippen LogP contribution is -2.28. The predicted octanol–water partition coefficient (Wildman–Crippen LogP) is 6.12. The van der Waals surface area contributed by atoms with Crippen molar-refractivity contribution in [2.45, 2.75) is 32.0 Å². The standard InChI is InChI=1S/C28H28FNO2/c1-2-19-30(20-22-11-9-10-16-26(22)29)21-25-17-18-27(32-25)28(31,23-12-5-3-6-13-23)24-14-7-4-8-15-24/h3-18,31H,2,19-21H2,1H3. The minimum Gasteiger partial charge on any atom is -0.461 e. The van der Waals surface area contributed by atoms with Crippen molar-refractivity contribution in [3.8, 4) is 0 Å². The summed E-state index contributed by atoms with van der Waals surface area (Å²) < 4.78 is 20.4. The molecule has 4 aromatic rings. The molecule has 0 unspecified atom stereocenters. The molecule has 4 rings (SSSR count). The molecule has 0 radical (unpaired) electrons. The third kappa shape index (κ3) is 4.67. The fraction of sp³-hybridized carbons (Fsp3) is 0.214. The van der Waals surface area contributed by atoms with Gasteiger partial charge in [0.05, 0.1) is 6.54 Å². The third-order valence-corrected chi connectivity index (χ3v) is 5.67. The number of nitrogens with zero attached hydrogens (tertiary/aromatic N) is 1. The number of benzene rings is 3. The Kier molecular flexibility index (Phi) is 6.84. The second kappa shape index (κ2) is 9.94. The lowest BCUT2D eigenvalue weighted by atomic mass is 9.84. The van der Waals surface area contributed by atoms with Gasteiger partial charge in [-0.3, -0.25) is 4.90 Å².